The van der Waals surface area contributed by atoms with Gasteiger partial charge in [-0.15, -0.1) is 0 Å². The third kappa shape index (κ3) is 5.70. The summed E-state index contributed by atoms with van der Waals surface area (Å²) < 4.78 is 62.0. The molecule has 24 heavy (non-hydrogen) atoms. The van der Waals surface area contributed by atoms with Crippen LogP contribution in [0.25, 0.3) is 0 Å². The summed E-state index contributed by atoms with van der Waals surface area (Å²) in [6.45, 7) is 0. The number of hydrogen-bond acceptors (Lipinski definition) is 3. The number of nitrogens with one attached hydrogen (secondary N) is 2. The van der Waals surface area contributed by atoms with Crippen molar-refractivity contribution in [1.29, 1.82) is 0 Å². The zero-order valence-corrected chi connectivity index (χ0v) is 13.7. The van der Waals surface area contributed by atoms with Crippen molar-refractivity contribution < 1.29 is 26.4 Å². The molecule has 1 atom stereocenters. The van der Waals surface area contributed by atoms with Gasteiger partial charge < -0.3 is 10.6 Å². The molecule has 0 aliphatic carbocycles. The molecule has 0 bridgehead atoms. The lowest BCUT2D eigenvalue weighted by Gasteiger charge is -2.26. The van der Waals surface area contributed by atoms with E-state index in [2.05, 4.69) is 5.32 Å². The minimum atomic E-state index is -4.58. The molecule has 1 aromatic carbocycles. The Bertz CT molecular complexity index is 648. The van der Waals surface area contributed by atoms with Gasteiger partial charge in [-0.25, -0.2) is 13.2 Å². The van der Waals surface area contributed by atoms with Crippen LogP contribution in [-0.4, -0.2) is 44.2 Å². The molecule has 1 aliphatic rings. The van der Waals surface area contributed by atoms with Gasteiger partial charge in [-0.1, -0.05) is 30.3 Å². The van der Waals surface area contributed by atoms with Crippen molar-refractivity contribution >= 4 is 15.9 Å². The van der Waals surface area contributed by atoms with Gasteiger partial charge in [0.1, 0.15) is 15.9 Å². The molecule has 2 amide bonds. The van der Waals surface area contributed by atoms with Crippen LogP contribution in [0.2, 0.25) is 0 Å². The van der Waals surface area contributed by atoms with Gasteiger partial charge in [0.15, 0.2) is 0 Å². The van der Waals surface area contributed by atoms with Crippen LogP contribution in [0.3, 0.4) is 0 Å². The van der Waals surface area contributed by atoms with Gasteiger partial charge in [-0.3, -0.25) is 0 Å². The van der Waals surface area contributed by atoms with Crippen LogP contribution in [0.1, 0.15) is 18.4 Å². The van der Waals surface area contributed by atoms with Crippen LogP contribution < -0.4 is 10.6 Å². The highest BCUT2D eigenvalue weighted by molar-refractivity contribution is 7.91. The minimum absolute atomic E-state index is 0.0648. The van der Waals surface area contributed by atoms with E-state index in [-0.39, 0.29) is 30.8 Å². The Morgan fingerprint density at radius 2 is 1.75 bits per heavy atom. The van der Waals surface area contributed by atoms with Crippen molar-refractivity contribution in [2.24, 2.45) is 0 Å². The molecule has 134 valence electrons. The highest BCUT2D eigenvalue weighted by Gasteiger charge is 2.41. The van der Waals surface area contributed by atoms with Crippen molar-refractivity contribution in [3.8, 4) is 0 Å². The van der Waals surface area contributed by atoms with E-state index in [1.165, 1.54) is 0 Å². The number of carbonyl (C=O) groups is 1. The second-order valence-corrected chi connectivity index (χ2v) is 8.13. The molecule has 1 heterocycles. The fourth-order valence-electron chi connectivity index (χ4n) is 2.52. The zero-order valence-electron chi connectivity index (χ0n) is 12.8. The molecule has 2 N–H and O–H groups in total. The summed E-state index contributed by atoms with van der Waals surface area (Å²) in [7, 11) is -3.09. The van der Waals surface area contributed by atoms with Crippen LogP contribution in [0, 0.1) is 0 Å². The fraction of sp³-hybridized carbons (Fsp3) is 0.533. The maximum atomic E-state index is 13.1. The lowest BCUT2D eigenvalue weighted by Crippen LogP contribution is -2.53. The molecular formula is C15H19F3N2O3S. The minimum Gasteiger partial charge on any atom is -0.335 e. The smallest absolute Gasteiger partial charge is 0.335 e. The van der Waals surface area contributed by atoms with E-state index in [9.17, 15) is 26.4 Å². The van der Waals surface area contributed by atoms with E-state index in [4.69, 9.17) is 0 Å². The number of carbonyl (C=O) groups excluding carboxylic acids is 1. The number of benzene rings is 1. The fourth-order valence-corrected chi connectivity index (χ4v) is 4.01. The molecule has 0 radical (unpaired) electrons. The quantitative estimate of drug-likeness (QED) is 0.859. The standard InChI is InChI=1S/C15H19F3N2O3S/c16-15(17,18)13(10-11-4-2-1-3-5-11)20-14(21)19-12-6-8-24(22,23)9-7-12/h1-5,12-13H,6-10H2,(H2,19,20,21). The van der Waals surface area contributed by atoms with E-state index in [0.29, 0.717) is 5.56 Å². The zero-order chi connectivity index (χ0) is 17.8. The van der Waals surface area contributed by atoms with Gasteiger partial charge in [-0.2, -0.15) is 13.2 Å². The lowest BCUT2D eigenvalue weighted by atomic mass is 10.1. The van der Waals surface area contributed by atoms with Gasteiger partial charge in [0.05, 0.1) is 11.5 Å². The molecule has 2 rings (SSSR count). The molecule has 0 aromatic heterocycles. The summed E-state index contributed by atoms with van der Waals surface area (Å²) >= 11 is 0. The predicted molar refractivity (Wildman–Crippen MR) is 83.3 cm³/mol. The van der Waals surface area contributed by atoms with Gasteiger partial charge >= 0.3 is 12.2 Å². The summed E-state index contributed by atoms with van der Waals surface area (Å²) in [5.41, 5.74) is 0.462. The number of amides is 2. The molecule has 1 fully saturated rings. The van der Waals surface area contributed by atoms with E-state index in [1.807, 2.05) is 5.32 Å². The summed E-state index contributed by atoms with van der Waals surface area (Å²) in [4.78, 5) is 11.8. The van der Waals surface area contributed by atoms with E-state index >= 15 is 0 Å². The normalized spacial score (nSPS) is 19.5. The largest absolute Gasteiger partial charge is 0.408 e. The highest BCUT2D eigenvalue weighted by Crippen LogP contribution is 2.23. The Morgan fingerprint density at radius 1 is 1.17 bits per heavy atom. The van der Waals surface area contributed by atoms with E-state index in [0.717, 1.165) is 0 Å². The Balaban J connectivity index is 1.93. The molecule has 5 nitrogen and oxygen atoms in total. The SMILES string of the molecule is O=C(NC1CCS(=O)(=O)CC1)NC(Cc1ccccc1)C(F)(F)F. The lowest BCUT2D eigenvalue weighted by molar-refractivity contribution is -0.152. The van der Waals surface area contributed by atoms with Crippen molar-refractivity contribution in [3.05, 3.63) is 35.9 Å². The number of rotatable bonds is 4. The summed E-state index contributed by atoms with van der Waals surface area (Å²) in [5.74, 6) is -0.130. The topological polar surface area (TPSA) is 75.3 Å². The Labute approximate surface area is 138 Å². The average molecular weight is 364 g/mol. The molecule has 9 heteroatoms. The molecule has 0 spiro atoms. The van der Waals surface area contributed by atoms with Crippen LogP contribution >= 0.6 is 0 Å². The second-order valence-electron chi connectivity index (χ2n) is 5.83. The Kier molecular flexibility index (Phi) is 5.74. The van der Waals surface area contributed by atoms with Gasteiger partial charge in [-0.05, 0) is 18.4 Å². The van der Waals surface area contributed by atoms with Crippen molar-refractivity contribution in [2.45, 2.75) is 37.5 Å². The first-order valence-corrected chi connectivity index (χ1v) is 9.36. The van der Waals surface area contributed by atoms with Crippen LogP contribution in [0.15, 0.2) is 30.3 Å². The first-order chi connectivity index (χ1) is 11.2. The van der Waals surface area contributed by atoms with E-state index < -0.39 is 34.1 Å². The highest BCUT2D eigenvalue weighted by atomic mass is 32.2. The number of hydrogen-bond donors (Lipinski definition) is 2. The number of urea groups is 1. The number of alkyl halides is 3. The van der Waals surface area contributed by atoms with Gasteiger partial charge in [0.2, 0.25) is 0 Å². The van der Waals surface area contributed by atoms with Crippen molar-refractivity contribution in [1.82, 2.24) is 10.6 Å². The first-order valence-electron chi connectivity index (χ1n) is 7.54. The molecule has 1 aliphatic heterocycles. The molecule has 1 saturated heterocycles. The third-order valence-electron chi connectivity index (χ3n) is 3.87. The van der Waals surface area contributed by atoms with E-state index in [1.54, 1.807) is 30.3 Å². The first kappa shape index (κ1) is 18.6. The van der Waals surface area contributed by atoms with Gasteiger partial charge in [0, 0.05) is 12.5 Å². The average Bonchev–Trinajstić information content (AvgIpc) is 2.49. The van der Waals surface area contributed by atoms with Crippen molar-refractivity contribution in [3.63, 3.8) is 0 Å². The molecule has 1 unspecified atom stereocenters. The van der Waals surface area contributed by atoms with Gasteiger partial charge in [0.25, 0.3) is 0 Å². The maximum absolute atomic E-state index is 13.1. The third-order valence-corrected chi connectivity index (χ3v) is 5.59. The number of sulfone groups is 1. The van der Waals surface area contributed by atoms with Crippen molar-refractivity contribution in [2.75, 3.05) is 11.5 Å². The Morgan fingerprint density at radius 3 is 2.29 bits per heavy atom. The second kappa shape index (κ2) is 7.42. The summed E-state index contributed by atoms with van der Waals surface area (Å²) in [6.07, 6.45) is -4.52. The maximum Gasteiger partial charge on any atom is 0.408 e. The monoisotopic (exact) mass is 364 g/mol. The van der Waals surface area contributed by atoms with Crippen LogP contribution in [0.5, 0.6) is 0 Å². The van der Waals surface area contributed by atoms with Crippen LogP contribution in [0.4, 0.5) is 18.0 Å². The predicted octanol–water partition coefficient (Wildman–Crippen LogP) is 2.04. The summed E-state index contributed by atoms with van der Waals surface area (Å²) in [5, 5.41) is 4.38. The number of halogens is 3. The molecule has 1 aromatic rings. The van der Waals surface area contributed by atoms with Crippen LogP contribution in [-0.2, 0) is 16.3 Å². The molecular weight excluding hydrogens is 345 g/mol. The Hall–Kier alpha value is -1.77. The summed E-state index contributed by atoms with van der Waals surface area (Å²) in [6, 6.07) is 4.71. The molecule has 0 saturated carbocycles.